The Labute approximate surface area is 68.9 Å². The van der Waals surface area contributed by atoms with E-state index in [9.17, 15) is 9.59 Å². The molecule has 66 valence electrons. The maximum absolute atomic E-state index is 10.9. The van der Waals surface area contributed by atoms with Crippen LogP contribution in [0.3, 0.4) is 0 Å². The molecule has 5 nitrogen and oxygen atoms in total. The van der Waals surface area contributed by atoms with Gasteiger partial charge in [0.1, 0.15) is 0 Å². The minimum absolute atomic E-state index is 0.119. The predicted molar refractivity (Wildman–Crippen MR) is 38.5 cm³/mol. The summed E-state index contributed by atoms with van der Waals surface area (Å²) in [6.45, 7) is 1.46. The third-order valence-electron chi connectivity index (χ3n) is 1.64. The Kier molecular flexibility index (Phi) is 1.99. The molecule has 0 bridgehead atoms. The number of nitrogens with zero attached hydrogens (tertiary/aromatic N) is 1. The summed E-state index contributed by atoms with van der Waals surface area (Å²) in [6, 6.07) is 0. The van der Waals surface area contributed by atoms with Crippen molar-refractivity contribution in [2.75, 3.05) is 0 Å². The molecule has 2 amide bonds. The molecule has 0 saturated carbocycles. The molecule has 12 heavy (non-hydrogen) atoms. The third kappa shape index (κ3) is 1.24. The highest BCUT2D eigenvalue weighted by atomic mass is 16.5. The second-order valence-electron chi connectivity index (χ2n) is 2.47. The quantitative estimate of drug-likeness (QED) is 0.411. The molecule has 0 saturated heterocycles. The minimum atomic E-state index is -2.36. The summed E-state index contributed by atoms with van der Waals surface area (Å²) in [5, 5.41) is 18.3. The van der Waals surface area contributed by atoms with Crippen LogP contribution in [0, 0.1) is 0 Å². The molecule has 0 spiro atoms. The molecular weight excluding hydrogens is 162 g/mol. The number of hydrogen-bond donors (Lipinski definition) is 2. The molecule has 0 unspecified atom stereocenters. The van der Waals surface area contributed by atoms with E-state index in [1.54, 1.807) is 0 Å². The lowest BCUT2D eigenvalue weighted by molar-refractivity contribution is -0.247. The van der Waals surface area contributed by atoms with E-state index < -0.39 is 17.7 Å². The van der Waals surface area contributed by atoms with E-state index in [0.29, 0.717) is 4.90 Å². The van der Waals surface area contributed by atoms with Crippen LogP contribution in [-0.2, 0) is 9.59 Å². The maximum Gasteiger partial charge on any atom is 0.257 e. The normalized spacial score (nSPS) is 17.8. The lowest BCUT2D eigenvalue weighted by atomic mass is 10.3. The van der Waals surface area contributed by atoms with Crippen molar-refractivity contribution >= 4 is 11.8 Å². The van der Waals surface area contributed by atoms with Crippen molar-refractivity contribution in [2.45, 2.75) is 19.3 Å². The zero-order valence-electron chi connectivity index (χ0n) is 6.52. The second kappa shape index (κ2) is 2.69. The largest absolute Gasteiger partial charge is 0.348 e. The maximum atomic E-state index is 10.9. The summed E-state index contributed by atoms with van der Waals surface area (Å²) < 4.78 is 0. The topological polar surface area (TPSA) is 77.8 Å². The van der Waals surface area contributed by atoms with Gasteiger partial charge in [0.25, 0.3) is 17.7 Å². The van der Waals surface area contributed by atoms with E-state index in [1.807, 2.05) is 0 Å². The van der Waals surface area contributed by atoms with Crippen molar-refractivity contribution in [2.24, 2.45) is 0 Å². The molecule has 1 aliphatic rings. The number of hydrogen-bond acceptors (Lipinski definition) is 4. The minimum Gasteiger partial charge on any atom is -0.348 e. The van der Waals surface area contributed by atoms with Gasteiger partial charge >= 0.3 is 0 Å². The Balaban J connectivity index is 2.90. The molecule has 5 heteroatoms. The lowest BCUT2D eigenvalue weighted by Gasteiger charge is -2.28. The Morgan fingerprint density at radius 2 is 1.75 bits per heavy atom. The number of carbonyl (C=O) groups excluding carboxylic acids is 2. The van der Waals surface area contributed by atoms with E-state index in [2.05, 4.69) is 0 Å². The predicted octanol–water partition coefficient (Wildman–Crippen LogP) is -1.04. The van der Waals surface area contributed by atoms with E-state index in [4.69, 9.17) is 10.2 Å². The van der Waals surface area contributed by atoms with E-state index in [1.165, 1.54) is 6.92 Å². The molecule has 0 aromatic heterocycles. The van der Waals surface area contributed by atoms with Crippen LogP contribution in [0.25, 0.3) is 0 Å². The standard InChI is InChI=1S/C7H9NO4/c1-2-7(11,12)8-5(9)3-4-6(8)10/h3-4,11-12H,2H2,1H3. The molecule has 0 aromatic carbocycles. The van der Waals surface area contributed by atoms with Gasteiger partial charge < -0.3 is 10.2 Å². The molecule has 0 radical (unpaired) electrons. The van der Waals surface area contributed by atoms with Gasteiger partial charge in [-0.3, -0.25) is 9.59 Å². The van der Waals surface area contributed by atoms with Gasteiger partial charge in [-0.15, -0.1) is 0 Å². The smallest absolute Gasteiger partial charge is 0.257 e. The molecule has 0 fully saturated rings. The van der Waals surface area contributed by atoms with Gasteiger partial charge in [-0.25, -0.2) is 4.90 Å². The third-order valence-corrected chi connectivity index (χ3v) is 1.64. The van der Waals surface area contributed by atoms with Crippen LogP contribution < -0.4 is 0 Å². The Bertz CT molecular complexity index is 238. The molecule has 0 aliphatic carbocycles. The summed E-state index contributed by atoms with van der Waals surface area (Å²) in [7, 11) is 0. The van der Waals surface area contributed by atoms with Gasteiger partial charge in [-0.2, -0.15) is 0 Å². The van der Waals surface area contributed by atoms with Crippen LogP contribution in [0.1, 0.15) is 13.3 Å². The molecule has 1 rings (SSSR count). The number of carbonyl (C=O) groups is 2. The van der Waals surface area contributed by atoms with Gasteiger partial charge in [0.2, 0.25) is 0 Å². The fraction of sp³-hybridized carbons (Fsp3) is 0.429. The summed E-state index contributed by atoms with van der Waals surface area (Å²) in [6.07, 6.45) is 1.88. The summed E-state index contributed by atoms with van der Waals surface area (Å²) >= 11 is 0. The van der Waals surface area contributed by atoms with Crippen LogP contribution in [0.2, 0.25) is 0 Å². The van der Waals surface area contributed by atoms with Gasteiger partial charge in [0.15, 0.2) is 0 Å². The molecular formula is C7H9NO4. The number of aliphatic hydroxyl groups is 2. The average Bonchev–Trinajstić information content (AvgIpc) is 2.31. The molecule has 0 atom stereocenters. The van der Waals surface area contributed by atoms with Crippen molar-refractivity contribution in [1.82, 2.24) is 4.90 Å². The Morgan fingerprint density at radius 3 is 2.08 bits per heavy atom. The fourth-order valence-corrected chi connectivity index (χ4v) is 0.911. The van der Waals surface area contributed by atoms with Crippen LogP contribution in [0.4, 0.5) is 0 Å². The number of rotatable bonds is 2. The van der Waals surface area contributed by atoms with Gasteiger partial charge in [-0.05, 0) is 0 Å². The zero-order chi connectivity index (χ0) is 9.35. The fourth-order valence-electron chi connectivity index (χ4n) is 0.911. The van der Waals surface area contributed by atoms with Crippen molar-refractivity contribution in [1.29, 1.82) is 0 Å². The van der Waals surface area contributed by atoms with Crippen LogP contribution in [0.15, 0.2) is 12.2 Å². The monoisotopic (exact) mass is 171 g/mol. The van der Waals surface area contributed by atoms with Gasteiger partial charge in [-0.1, -0.05) is 6.92 Å². The van der Waals surface area contributed by atoms with Crippen molar-refractivity contribution in [3.63, 3.8) is 0 Å². The Hall–Kier alpha value is -1.20. The molecule has 0 aromatic rings. The first kappa shape index (κ1) is 8.89. The number of imide groups is 1. The van der Waals surface area contributed by atoms with Crippen molar-refractivity contribution in [3.05, 3.63) is 12.2 Å². The van der Waals surface area contributed by atoms with Crippen LogP contribution in [0.5, 0.6) is 0 Å². The SMILES string of the molecule is CCC(O)(O)N1C(=O)C=CC1=O. The molecule has 1 heterocycles. The van der Waals surface area contributed by atoms with Gasteiger partial charge in [0.05, 0.1) is 0 Å². The Morgan fingerprint density at radius 1 is 1.33 bits per heavy atom. The summed E-state index contributed by atoms with van der Waals surface area (Å²) in [5.41, 5.74) is 0. The molecule has 1 aliphatic heterocycles. The highest BCUT2D eigenvalue weighted by Gasteiger charge is 2.39. The first-order valence-electron chi connectivity index (χ1n) is 3.50. The lowest BCUT2D eigenvalue weighted by Crippen LogP contribution is -2.51. The first-order chi connectivity index (χ1) is 5.49. The second-order valence-corrected chi connectivity index (χ2v) is 2.47. The summed E-state index contributed by atoms with van der Waals surface area (Å²) in [5.74, 6) is -3.77. The first-order valence-corrected chi connectivity index (χ1v) is 3.50. The van der Waals surface area contributed by atoms with E-state index in [-0.39, 0.29) is 6.42 Å². The van der Waals surface area contributed by atoms with E-state index >= 15 is 0 Å². The van der Waals surface area contributed by atoms with Crippen LogP contribution in [-0.4, -0.2) is 32.8 Å². The zero-order valence-corrected chi connectivity index (χ0v) is 6.52. The highest BCUT2D eigenvalue weighted by molar-refractivity contribution is 6.13. The average molecular weight is 171 g/mol. The van der Waals surface area contributed by atoms with Crippen LogP contribution >= 0.6 is 0 Å². The van der Waals surface area contributed by atoms with Crippen molar-refractivity contribution < 1.29 is 19.8 Å². The number of amides is 2. The van der Waals surface area contributed by atoms with Gasteiger partial charge in [0, 0.05) is 18.6 Å². The summed E-state index contributed by atoms with van der Waals surface area (Å²) in [4.78, 5) is 22.2. The van der Waals surface area contributed by atoms with E-state index in [0.717, 1.165) is 12.2 Å². The molecule has 2 N–H and O–H groups in total. The van der Waals surface area contributed by atoms with Crippen molar-refractivity contribution in [3.8, 4) is 0 Å². The highest BCUT2D eigenvalue weighted by Crippen LogP contribution is 2.17.